The number of hydrogen-bond donors (Lipinski definition) is 1. The number of nitrogens with two attached hydrogens (primary N) is 1. The number of aromatic nitrogens is 2. The molecule has 0 saturated heterocycles. The fourth-order valence-corrected chi connectivity index (χ4v) is 2.09. The molecule has 1 rings (SSSR count). The Balaban J connectivity index is 3.13. The molecule has 0 aliphatic rings. The van der Waals surface area contributed by atoms with Crippen LogP contribution in [0.5, 0.6) is 0 Å². The fraction of sp³-hybridized carbons (Fsp3) is 0.727. The third-order valence-electron chi connectivity index (χ3n) is 3.34. The first-order valence-electron chi connectivity index (χ1n) is 5.46. The lowest BCUT2D eigenvalue weighted by atomic mass is 9.91. The van der Waals surface area contributed by atoms with Crippen LogP contribution in [0, 0.1) is 0 Å². The highest BCUT2D eigenvalue weighted by molar-refractivity contribution is 9.10. The van der Waals surface area contributed by atoms with Crippen molar-refractivity contribution in [2.45, 2.75) is 38.9 Å². The fourth-order valence-electron chi connectivity index (χ4n) is 1.55. The normalized spacial score (nSPS) is 14.5. The Morgan fingerprint density at radius 2 is 2.12 bits per heavy atom. The number of halogens is 1. The van der Waals surface area contributed by atoms with Crippen LogP contribution >= 0.6 is 15.9 Å². The molecule has 1 unspecified atom stereocenters. The predicted octanol–water partition coefficient (Wildman–Crippen LogP) is 2.01. The van der Waals surface area contributed by atoms with Crippen molar-refractivity contribution in [3.8, 4) is 0 Å². The van der Waals surface area contributed by atoms with Crippen LogP contribution < -0.4 is 5.73 Å². The Kier molecular flexibility index (Phi) is 4.15. The van der Waals surface area contributed by atoms with Gasteiger partial charge in [-0.3, -0.25) is 4.68 Å². The topological polar surface area (TPSA) is 47.1 Å². The Bertz CT molecular complexity index is 357. The minimum absolute atomic E-state index is 0.0840. The van der Waals surface area contributed by atoms with Crippen molar-refractivity contribution in [1.82, 2.24) is 14.7 Å². The molecule has 4 nitrogen and oxygen atoms in total. The van der Waals surface area contributed by atoms with Gasteiger partial charge in [-0.05, 0) is 50.8 Å². The molecule has 0 amide bonds. The summed E-state index contributed by atoms with van der Waals surface area (Å²) in [5, 5.41) is 4.30. The van der Waals surface area contributed by atoms with E-state index in [0.29, 0.717) is 0 Å². The van der Waals surface area contributed by atoms with Gasteiger partial charge < -0.3 is 10.6 Å². The van der Waals surface area contributed by atoms with E-state index in [2.05, 4.69) is 46.7 Å². The molecule has 0 radical (unpaired) electrons. The van der Waals surface area contributed by atoms with Crippen LogP contribution in [0.25, 0.3) is 0 Å². The molecular weight excluding hydrogens is 268 g/mol. The average molecular weight is 289 g/mol. The SMILES string of the molecule is CCn1ncc(Br)c1C(N)C(C)(C)N(C)C. The van der Waals surface area contributed by atoms with Crippen LogP contribution in [0.1, 0.15) is 32.5 Å². The van der Waals surface area contributed by atoms with Gasteiger partial charge in [-0.2, -0.15) is 5.10 Å². The number of rotatable bonds is 4. The molecule has 0 spiro atoms. The van der Waals surface area contributed by atoms with Crippen molar-refractivity contribution in [1.29, 1.82) is 0 Å². The van der Waals surface area contributed by atoms with E-state index in [1.807, 2.05) is 25.0 Å². The van der Waals surface area contributed by atoms with Crippen molar-refractivity contribution < 1.29 is 0 Å². The summed E-state index contributed by atoms with van der Waals surface area (Å²) in [5.74, 6) is 0. The largest absolute Gasteiger partial charge is 0.321 e. The van der Waals surface area contributed by atoms with Gasteiger partial charge in [-0.25, -0.2) is 0 Å². The number of aryl methyl sites for hydroxylation is 1. The van der Waals surface area contributed by atoms with E-state index in [9.17, 15) is 0 Å². The van der Waals surface area contributed by atoms with Crippen LogP contribution in [0.3, 0.4) is 0 Å². The lowest BCUT2D eigenvalue weighted by molar-refractivity contribution is 0.154. The van der Waals surface area contributed by atoms with Crippen LogP contribution in [-0.4, -0.2) is 34.3 Å². The Morgan fingerprint density at radius 3 is 2.56 bits per heavy atom. The molecule has 0 bridgehead atoms. The van der Waals surface area contributed by atoms with E-state index in [4.69, 9.17) is 5.73 Å². The standard InChI is InChI=1S/C11H21BrN4/c1-6-16-9(8(12)7-14-16)10(13)11(2,3)15(4)5/h7,10H,6,13H2,1-5H3. The summed E-state index contributed by atoms with van der Waals surface area (Å²) >= 11 is 3.52. The van der Waals surface area contributed by atoms with Crippen molar-refractivity contribution in [3.63, 3.8) is 0 Å². The van der Waals surface area contributed by atoms with Crippen molar-refractivity contribution >= 4 is 15.9 Å². The minimum Gasteiger partial charge on any atom is -0.321 e. The maximum atomic E-state index is 6.36. The van der Waals surface area contributed by atoms with Crippen molar-refractivity contribution in [3.05, 3.63) is 16.4 Å². The van der Waals surface area contributed by atoms with E-state index in [0.717, 1.165) is 16.7 Å². The molecule has 92 valence electrons. The second kappa shape index (κ2) is 4.85. The highest BCUT2D eigenvalue weighted by Crippen LogP contribution is 2.31. The summed E-state index contributed by atoms with van der Waals surface area (Å²) in [6.45, 7) is 7.17. The molecule has 1 atom stereocenters. The molecule has 0 aliphatic heterocycles. The zero-order chi connectivity index (χ0) is 12.5. The van der Waals surface area contributed by atoms with Crippen LogP contribution in [0.4, 0.5) is 0 Å². The highest BCUT2D eigenvalue weighted by atomic mass is 79.9. The summed E-state index contributed by atoms with van der Waals surface area (Å²) < 4.78 is 2.93. The Hall–Kier alpha value is -0.390. The molecule has 1 aromatic rings. The molecule has 0 saturated carbocycles. The van der Waals surface area contributed by atoms with Crippen LogP contribution in [-0.2, 0) is 6.54 Å². The predicted molar refractivity (Wildman–Crippen MR) is 70.3 cm³/mol. The van der Waals surface area contributed by atoms with E-state index < -0.39 is 0 Å². The van der Waals surface area contributed by atoms with Crippen molar-refractivity contribution in [2.75, 3.05) is 14.1 Å². The maximum Gasteiger partial charge on any atom is 0.0712 e. The number of hydrogen-bond acceptors (Lipinski definition) is 3. The molecule has 16 heavy (non-hydrogen) atoms. The molecule has 2 N–H and O–H groups in total. The third-order valence-corrected chi connectivity index (χ3v) is 3.95. The summed E-state index contributed by atoms with van der Waals surface area (Å²) in [6, 6.07) is -0.0840. The van der Waals surface area contributed by atoms with Gasteiger partial charge in [0.15, 0.2) is 0 Å². The zero-order valence-corrected chi connectivity index (χ0v) is 12.2. The van der Waals surface area contributed by atoms with E-state index >= 15 is 0 Å². The van der Waals surface area contributed by atoms with Gasteiger partial charge in [0.05, 0.1) is 22.4 Å². The molecule has 0 fully saturated rings. The molecule has 1 heterocycles. The first kappa shape index (κ1) is 13.7. The first-order valence-corrected chi connectivity index (χ1v) is 6.25. The summed E-state index contributed by atoms with van der Waals surface area (Å²) in [6.07, 6.45) is 1.81. The first-order chi connectivity index (χ1) is 7.32. The molecule has 1 aromatic heterocycles. The molecule has 0 aliphatic carbocycles. The summed E-state index contributed by atoms with van der Waals surface area (Å²) in [4.78, 5) is 2.14. The van der Waals surface area contributed by atoms with Gasteiger partial charge >= 0.3 is 0 Å². The molecular formula is C11H21BrN4. The average Bonchev–Trinajstić information content (AvgIpc) is 2.57. The van der Waals surface area contributed by atoms with E-state index in [1.165, 1.54) is 0 Å². The quantitative estimate of drug-likeness (QED) is 0.922. The van der Waals surface area contributed by atoms with Gasteiger partial charge in [0.25, 0.3) is 0 Å². The maximum absolute atomic E-state index is 6.36. The van der Waals surface area contributed by atoms with Gasteiger partial charge in [-0.1, -0.05) is 0 Å². The van der Waals surface area contributed by atoms with Crippen molar-refractivity contribution in [2.24, 2.45) is 5.73 Å². The van der Waals surface area contributed by atoms with E-state index in [1.54, 1.807) is 0 Å². The lowest BCUT2D eigenvalue weighted by Gasteiger charge is -2.38. The number of nitrogens with zero attached hydrogens (tertiary/aromatic N) is 3. The minimum atomic E-state index is -0.116. The number of likely N-dealkylation sites (N-methyl/N-ethyl adjacent to an activating group) is 1. The second-order valence-corrected chi connectivity index (χ2v) is 5.57. The van der Waals surface area contributed by atoms with Crippen LogP contribution in [0.15, 0.2) is 10.7 Å². The Labute approximate surface area is 106 Å². The van der Waals surface area contributed by atoms with Crippen LogP contribution in [0.2, 0.25) is 0 Å². The third kappa shape index (κ3) is 2.31. The van der Waals surface area contributed by atoms with Gasteiger partial charge in [0.2, 0.25) is 0 Å². The lowest BCUT2D eigenvalue weighted by Crippen LogP contribution is -2.48. The monoisotopic (exact) mass is 288 g/mol. The second-order valence-electron chi connectivity index (χ2n) is 4.72. The summed E-state index contributed by atoms with van der Waals surface area (Å²) in [5.41, 5.74) is 7.30. The van der Waals surface area contributed by atoms with E-state index in [-0.39, 0.29) is 11.6 Å². The van der Waals surface area contributed by atoms with Gasteiger partial charge in [0.1, 0.15) is 0 Å². The molecule has 0 aromatic carbocycles. The Morgan fingerprint density at radius 1 is 1.56 bits per heavy atom. The highest BCUT2D eigenvalue weighted by Gasteiger charge is 2.33. The van der Waals surface area contributed by atoms with Gasteiger partial charge in [-0.15, -0.1) is 0 Å². The smallest absolute Gasteiger partial charge is 0.0712 e. The van der Waals surface area contributed by atoms with Gasteiger partial charge in [0, 0.05) is 12.1 Å². The molecule has 5 heteroatoms. The summed E-state index contributed by atoms with van der Waals surface area (Å²) in [7, 11) is 4.08. The zero-order valence-electron chi connectivity index (χ0n) is 10.7.